The highest BCUT2D eigenvalue weighted by Gasteiger charge is 2.11. The van der Waals surface area contributed by atoms with Crippen LogP contribution >= 0.6 is 0 Å². The second-order valence-corrected chi connectivity index (χ2v) is 4.99. The summed E-state index contributed by atoms with van der Waals surface area (Å²) in [5.41, 5.74) is 2.16. The Hall–Kier alpha value is -3.06. The number of aromatic nitrogens is 2. The maximum Gasteiger partial charge on any atom is 0.269 e. The zero-order valence-electron chi connectivity index (χ0n) is 12.1. The fourth-order valence-corrected chi connectivity index (χ4v) is 2.18. The zero-order valence-corrected chi connectivity index (χ0v) is 12.1. The molecule has 0 aliphatic carbocycles. The first-order valence-electron chi connectivity index (χ1n) is 7.01. The Morgan fingerprint density at radius 1 is 1.13 bits per heavy atom. The van der Waals surface area contributed by atoms with Gasteiger partial charge in [-0.05, 0) is 29.8 Å². The van der Waals surface area contributed by atoms with Gasteiger partial charge in [-0.3, -0.25) is 15.1 Å². The molecule has 2 N–H and O–H groups in total. The lowest BCUT2D eigenvalue weighted by Gasteiger charge is -2.12. The van der Waals surface area contributed by atoms with Crippen molar-refractivity contribution in [2.45, 2.75) is 6.10 Å². The molecule has 3 aromatic rings. The molecular formula is C16H14N4O3. The fraction of sp³-hybridized carbons (Fsp3) is 0.125. The van der Waals surface area contributed by atoms with Crippen molar-refractivity contribution >= 4 is 22.5 Å². The monoisotopic (exact) mass is 310 g/mol. The Balaban J connectivity index is 1.67. The maximum absolute atomic E-state index is 10.6. The van der Waals surface area contributed by atoms with E-state index in [2.05, 4.69) is 15.3 Å². The molecule has 0 radical (unpaired) electrons. The van der Waals surface area contributed by atoms with E-state index < -0.39 is 11.0 Å². The summed E-state index contributed by atoms with van der Waals surface area (Å²) < 4.78 is 0. The van der Waals surface area contributed by atoms with Crippen molar-refractivity contribution < 1.29 is 10.0 Å². The zero-order chi connectivity index (χ0) is 16.2. The molecule has 0 spiro atoms. The first-order valence-corrected chi connectivity index (χ1v) is 7.01. The number of aliphatic hydroxyl groups excluding tert-OH is 1. The molecule has 0 saturated carbocycles. The van der Waals surface area contributed by atoms with Gasteiger partial charge in [-0.25, -0.2) is 4.98 Å². The molecule has 23 heavy (non-hydrogen) atoms. The van der Waals surface area contributed by atoms with Crippen LogP contribution < -0.4 is 5.32 Å². The van der Waals surface area contributed by atoms with Crippen LogP contribution in [0.1, 0.15) is 11.7 Å². The molecule has 0 saturated heterocycles. The number of non-ortho nitro benzene ring substituents is 1. The lowest BCUT2D eigenvalue weighted by Crippen LogP contribution is -2.13. The fourth-order valence-electron chi connectivity index (χ4n) is 2.18. The van der Waals surface area contributed by atoms with Crippen LogP contribution in [0.4, 0.5) is 11.5 Å². The number of fused-ring (bicyclic) bond motifs is 1. The van der Waals surface area contributed by atoms with Crippen LogP contribution in [0.15, 0.2) is 54.7 Å². The molecule has 2 aromatic carbocycles. The number of anilines is 1. The number of nitrogens with one attached hydrogen (secondary N) is 1. The molecule has 1 heterocycles. The van der Waals surface area contributed by atoms with Gasteiger partial charge >= 0.3 is 0 Å². The van der Waals surface area contributed by atoms with E-state index >= 15 is 0 Å². The Bertz CT molecular complexity index is 836. The van der Waals surface area contributed by atoms with E-state index in [-0.39, 0.29) is 12.2 Å². The summed E-state index contributed by atoms with van der Waals surface area (Å²) in [6.45, 7) is 0.227. The van der Waals surface area contributed by atoms with E-state index in [4.69, 9.17) is 0 Å². The molecule has 0 aliphatic rings. The number of hydrogen-bond acceptors (Lipinski definition) is 6. The summed E-state index contributed by atoms with van der Waals surface area (Å²) in [5.74, 6) is 0.560. The molecule has 0 aliphatic heterocycles. The molecule has 0 amide bonds. The molecule has 7 nitrogen and oxygen atoms in total. The SMILES string of the molecule is O=[N+]([O-])c1ccc(C(O)CNc2cnc3ccccc3n2)cc1. The van der Waals surface area contributed by atoms with Gasteiger partial charge in [-0.1, -0.05) is 12.1 Å². The predicted octanol–water partition coefficient (Wildman–Crippen LogP) is 2.68. The van der Waals surface area contributed by atoms with Crippen LogP contribution in [0, 0.1) is 10.1 Å². The summed E-state index contributed by atoms with van der Waals surface area (Å²) in [4.78, 5) is 18.8. The summed E-state index contributed by atoms with van der Waals surface area (Å²) in [6, 6.07) is 13.3. The van der Waals surface area contributed by atoms with E-state index in [9.17, 15) is 15.2 Å². The average molecular weight is 310 g/mol. The quantitative estimate of drug-likeness (QED) is 0.555. The second-order valence-electron chi connectivity index (χ2n) is 4.99. The normalized spacial score (nSPS) is 12.0. The molecule has 116 valence electrons. The number of hydrogen-bond donors (Lipinski definition) is 2. The van der Waals surface area contributed by atoms with Crippen LogP contribution in [-0.2, 0) is 0 Å². The van der Waals surface area contributed by atoms with Gasteiger partial charge in [0.2, 0.25) is 0 Å². The Labute approximate surface area is 131 Å². The van der Waals surface area contributed by atoms with E-state index in [0.29, 0.717) is 11.4 Å². The molecular weight excluding hydrogens is 296 g/mol. The number of aliphatic hydroxyl groups is 1. The van der Waals surface area contributed by atoms with Gasteiger partial charge in [-0.2, -0.15) is 0 Å². The van der Waals surface area contributed by atoms with E-state index in [1.165, 1.54) is 24.3 Å². The number of benzene rings is 2. The van der Waals surface area contributed by atoms with Crippen molar-refractivity contribution in [3.05, 3.63) is 70.4 Å². The second kappa shape index (κ2) is 6.37. The minimum Gasteiger partial charge on any atom is -0.387 e. The predicted molar refractivity (Wildman–Crippen MR) is 86.1 cm³/mol. The maximum atomic E-state index is 10.6. The molecule has 7 heteroatoms. The summed E-state index contributed by atoms with van der Waals surface area (Å²) in [5, 5.41) is 23.8. The Kier molecular flexibility index (Phi) is 4.11. The molecule has 1 unspecified atom stereocenters. The van der Waals surface area contributed by atoms with Crippen molar-refractivity contribution in [1.82, 2.24) is 9.97 Å². The van der Waals surface area contributed by atoms with Crippen LogP contribution in [0.25, 0.3) is 11.0 Å². The third-order valence-electron chi connectivity index (χ3n) is 3.41. The van der Waals surface area contributed by atoms with Gasteiger partial charge in [0.15, 0.2) is 0 Å². The average Bonchev–Trinajstić information content (AvgIpc) is 2.59. The minimum absolute atomic E-state index is 0.00527. The smallest absolute Gasteiger partial charge is 0.269 e. The first kappa shape index (κ1) is 14.9. The van der Waals surface area contributed by atoms with E-state index in [1.807, 2.05) is 24.3 Å². The standard InChI is InChI=1S/C16H14N4O3/c21-15(11-5-7-12(8-6-11)20(22)23)9-18-16-10-17-13-3-1-2-4-14(13)19-16/h1-8,10,15,21H,9H2,(H,18,19). The Morgan fingerprint density at radius 2 is 1.83 bits per heavy atom. The summed E-state index contributed by atoms with van der Waals surface area (Å²) in [6.07, 6.45) is 0.800. The Morgan fingerprint density at radius 3 is 2.52 bits per heavy atom. The lowest BCUT2D eigenvalue weighted by molar-refractivity contribution is -0.384. The van der Waals surface area contributed by atoms with E-state index in [0.717, 1.165) is 11.0 Å². The first-order chi connectivity index (χ1) is 11.1. The minimum atomic E-state index is -0.802. The molecule has 1 aromatic heterocycles. The topological polar surface area (TPSA) is 101 Å². The largest absolute Gasteiger partial charge is 0.387 e. The summed E-state index contributed by atoms with van der Waals surface area (Å²) in [7, 11) is 0. The van der Waals surface area contributed by atoms with Crippen LogP contribution in [-0.4, -0.2) is 26.5 Å². The van der Waals surface area contributed by atoms with Gasteiger partial charge in [0.1, 0.15) is 5.82 Å². The van der Waals surface area contributed by atoms with Gasteiger partial charge in [0.25, 0.3) is 5.69 Å². The van der Waals surface area contributed by atoms with Gasteiger partial charge in [0, 0.05) is 18.7 Å². The number of nitro benzene ring substituents is 1. The van der Waals surface area contributed by atoms with E-state index in [1.54, 1.807) is 6.20 Å². The van der Waals surface area contributed by atoms with Crippen molar-refractivity contribution in [3.63, 3.8) is 0 Å². The highest BCUT2D eigenvalue weighted by molar-refractivity contribution is 5.75. The number of nitro groups is 1. The number of para-hydroxylation sites is 2. The van der Waals surface area contributed by atoms with Gasteiger partial charge in [-0.15, -0.1) is 0 Å². The highest BCUT2D eigenvalue weighted by Crippen LogP contribution is 2.18. The van der Waals surface area contributed by atoms with Crippen LogP contribution in [0.5, 0.6) is 0 Å². The number of nitrogens with zero attached hydrogens (tertiary/aromatic N) is 3. The van der Waals surface area contributed by atoms with Crippen molar-refractivity contribution in [2.75, 3.05) is 11.9 Å². The van der Waals surface area contributed by atoms with Gasteiger partial charge in [0.05, 0.1) is 28.3 Å². The lowest BCUT2D eigenvalue weighted by atomic mass is 10.1. The molecule has 0 bridgehead atoms. The highest BCUT2D eigenvalue weighted by atomic mass is 16.6. The molecule has 3 rings (SSSR count). The van der Waals surface area contributed by atoms with Gasteiger partial charge < -0.3 is 10.4 Å². The van der Waals surface area contributed by atoms with Crippen LogP contribution in [0.2, 0.25) is 0 Å². The van der Waals surface area contributed by atoms with Crippen molar-refractivity contribution in [3.8, 4) is 0 Å². The molecule has 0 fully saturated rings. The molecule has 1 atom stereocenters. The van der Waals surface area contributed by atoms with Crippen molar-refractivity contribution in [2.24, 2.45) is 0 Å². The van der Waals surface area contributed by atoms with Crippen molar-refractivity contribution in [1.29, 1.82) is 0 Å². The summed E-state index contributed by atoms with van der Waals surface area (Å²) >= 11 is 0. The van der Waals surface area contributed by atoms with Crippen LogP contribution in [0.3, 0.4) is 0 Å². The number of rotatable bonds is 5. The third-order valence-corrected chi connectivity index (χ3v) is 3.41. The third kappa shape index (κ3) is 3.41.